The van der Waals surface area contributed by atoms with Gasteiger partial charge < -0.3 is 9.94 Å². The van der Waals surface area contributed by atoms with Crippen molar-refractivity contribution in [2.75, 3.05) is 12.0 Å². The Balaban J connectivity index is 1.64. The number of aryl methyl sites for hydroxylation is 1. The van der Waals surface area contributed by atoms with Crippen LogP contribution in [-0.2, 0) is 19.5 Å². The Morgan fingerprint density at radius 2 is 1.67 bits per heavy atom. The van der Waals surface area contributed by atoms with Crippen molar-refractivity contribution in [3.63, 3.8) is 0 Å². The number of oxime groups is 1. The van der Waals surface area contributed by atoms with Crippen LogP contribution < -0.4 is 4.90 Å². The summed E-state index contributed by atoms with van der Waals surface area (Å²) in [5.41, 5.74) is 3.91. The highest BCUT2D eigenvalue weighted by molar-refractivity contribution is 7.93. The third-order valence-corrected chi connectivity index (χ3v) is 10.3. The van der Waals surface area contributed by atoms with Crippen molar-refractivity contribution < 1.29 is 23.2 Å². The highest BCUT2D eigenvalue weighted by Gasteiger charge is 2.45. The number of rotatable bonds is 9. The zero-order valence-corrected chi connectivity index (χ0v) is 25.4. The molecule has 1 unspecified atom stereocenters. The standard InChI is InChI=1S/C31H28N4O6S2/c1-18(2)20-9-11-22(12-10-20)28-26(27(34-41-4)21-7-5-19(3)6-8-21)29(36)30(37)35(28)31-32-17-25(42-31)43(39,40)24-15-13-23(33-38)14-16-24/h5-18,28,36H,1-4H3/b34-27-. The van der Waals surface area contributed by atoms with Crippen LogP contribution in [0.2, 0.25) is 0 Å². The first-order chi connectivity index (χ1) is 20.6. The lowest BCUT2D eigenvalue weighted by molar-refractivity contribution is -0.117. The minimum Gasteiger partial charge on any atom is -0.503 e. The number of thiazole rings is 1. The maximum absolute atomic E-state index is 13.8. The van der Waals surface area contributed by atoms with Gasteiger partial charge in [-0.25, -0.2) is 13.4 Å². The second-order valence-electron chi connectivity index (χ2n) is 10.2. The van der Waals surface area contributed by atoms with Gasteiger partial charge >= 0.3 is 0 Å². The van der Waals surface area contributed by atoms with Gasteiger partial charge in [0, 0.05) is 5.56 Å². The van der Waals surface area contributed by atoms with E-state index in [-0.39, 0.29) is 37.1 Å². The molecule has 0 aliphatic carbocycles. The van der Waals surface area contributed by atoms with Crippen LogP contribution in [0.3, 0.4) is 0 Å². The van der Waals surface area contributed by atoms with Crippen molar-refractivity contribution in [3.8, 4) is 0 Å². The summed E-state index contributed by atoms with van der Waals surface area (Å²) in [4.78, 5) is 35.3. The van der Waals surface area contributed by atoms with Gasteiger partial charge in [0.1, 0.15) is 22.7 Å². The number of nitrogens with zero attached hydrogens (tertiary/aromatic N) is 4. The number of anilines is 1. The van der Waals surface area contributed by atoms with Gasteiger partial charge in [0.2, 0.25) is 9.84 Å². The monoisotopic (exact) mass is 616 g/mol. The fourth-order valence-corrected chi connectivity index (χ4v) is 7.32. The number of benzene rings is 3. The summed E-state index contributed by atoms with van der Waals surface area (Å²) in [6.07, 6.45) is 1.17. The average molecular weight is 617 g/mol. The van der Waals surface area contributed by atoms with Crippen LogP contribution in [-0.4, -0.2) is 37.2 Å². The number of hydrogen-bond acceptors (Lipinski definition) is 10. The Bertz CT molecular complexity index is 1840. The fourth-order valence-electron chi connectivity index (χ4n) is 4.77. The molecule has 0 radical (unpaired) electrons. The van der Waals surface area contributed by atoms with Crippen molar-refractivity contribution in [2.45, 2.75) is 41.8 Å². The van der Waals surface area contributed by atoms with E-state index in [4.69, 9.17) is 4.84 Å². The smallest absolute Gasteiger partial charge is 0.296 e. The quantitative estimate of drug-likeness (QED) is 0.125. The molecule has 0 spiro atoms. The number of aliphatic hydroxyl groups excluding tert-OH is 1. The molecule has 1 N–H and O–H groups in total. The molecule has 43 heavy (non-hydrogen) atoms. The molecule has 0 fully saturated rings. The predicted molar refractivity (Wildman–Crippen MR) is 165 cm³/mol. The Hall–Kier alpha value is -4.68. The van der Waals surface area contributed by atoms with Crippen LogP contribution in [0.1, 0.15) is 48.1 Å². The zero-order valence-electron chi connectivity index (χ0n) is 23.8. The molecular weight excluding hydrogens is 588 g/mol. The molecule has 12 heteroatoms. The zero-order chi connectivity index (χ0) is 30.9. The van der Waals surface area contributed by atoms with E-state index < -0.39 is 27.5 Å². The second kappa shape index (κ2) is 11.9. The average Bonchev–Trinajstić information content (AvgIpc) is 3.60. The van der Waals surface area contributed by atoms with E-state index in [1.807, 2.05) is 55.5 Å². The summed E-state index contributed by atoms with van der Waals surface area (Å²) in [6.45, 7) is 6.08. The normalized spacial score (nSPS) is 15.8. The van der Waals surface area contributed by atoms with E-state index in [0.29, 0.717) is 11.1 Å². The lowest BCUT2D eigenvalue weighted by Crippen LogP contribution is -2.31. The van der Waals surface area contributed by atoms with Crippen molar-refractivity contribution in [1.29, 1.82) is 0 Å². The van der Waals surface area contributed by atoms with Gasteiger partial charge in [-0.3, -0.25) is 9.69 Å². The Kier molecular flexibility index (Phi) is 8.25. The number of carbonyl (C=O) groups is 1. The van der Waals surface area contributed by atoms with Crippen LogP contribution >= 0.6 is 11.3 Å². The molecular formula is C31H28N4O6S2. The molecule has 4 aromatic rings. The van der Waals surface area contributed by atoms with Crippen molar-refractivity contribution in [2.24, 2.45) is 10.3 Å². The van der Waals surface area contributed by atoms with Gasteiger partial charge in [0.15, 0.2) is 10.9 Å². The first kappa shape index (κ1) is 29.8. The van der Waals surface area contributed by atoms with Crippen molar-refractivity contribution in [1.82, 2.24) is 4.98 Å². The van der Waals surface area contributed by atoms with Crippen molar-refractivity contribution in [3.05, 3.63) is 117 Å². The molecule has 3 aromatic carbocycles. The van der Waals surface area contributed by atoms with E-state index in [0.717, 1.165) is 22.5 Å². The van der Waals surface area contributed by atoms with E-state index in [9.17, 15) is 23.2 Å². The first-order valence-corrected chi connectivity index (χ1v) is 15.6. The van der Waals surface area contributed by atoms with Crippen LogP contribution in [0.5, 0.6) is 0 Å². The molecule has 1 aromatic heterocycles. The highest BCUT2D eigenvalue weighted by atomic mass is 32.2. The van der Waals surface area contributed by atoms with Gasteiger partial charge in [-0.05, 0) is 53.4 Å². The van der Waals surface area contributed by atoms with Gasteiger partial charge in [-0.15, -0.1) is 4.91 Å². The molecule has 0 saturated heterocycles. The molecule has 5 rings (SSSR count). The summed E-state index contributed by atoms with van der Waals surface area (Å²) >= 11 is 0.791. The number of carbonyl (C=O) groups excluding carboxylic acids is 1. The minimum absolute atomic E-state index is 0.0563. The molecule has 2 heterocycles. The van der Waals surface area contributed by atoms with Crippen LogP contribution in [0, 0.1) is 11.8 Å². The Morgan fingerprint density at radius 1 is 1.02 bits per heavy atom. The largest absolute Gasteiger partial charge is 0.503 e. The summed E-state index contributed by atoms with van der Waals surface area (Å²) in [5, 5.41) is 18.4. The lowest BCUT2D eigenvalue weighted by Gasteiger charge is -2.25. The number of aromatic nitrogens is 1. The van der Waals surface area contributed by atoms with Crippen molar-refractivity contribution >= 4 is 43.6 Å². The molecule has 220 valence electrons. The summed E-state index contributed by atoms with van der Waals surface area (Å²) in [7, 11) is -2.65. The molecule has 1 aliphatic rings. The van der Waals surface area contributed by atoms with Gasteiger partial charge in [0.05, 0.1) is 22.7 Å². The van der Waals surface area contributed by atoms with E-state index in [1.165, 1.54) is 42.5 Å². The molecule has 1 aliphatic heterocycles. The topological polar surface area (TPSA) is 139 Å². The van der Waals surface area contributed by atoms with Gasteiger partial charge in [-0.1, -0.05) is 84.4 Å². The summed E-state index contributed by atoms with van der Waals surface area (Å²) in [6, 6.07) is 19.3. The number of sulfone groups is 1. The number of aliphatic hydroxyl groups is 1. The van der Waals surface area contributed by atoms with Gasteiger partial charge in [-0.2, -0.15) is 0 Å². The molecule has 1 amide bonds. The van der Waals surface area contributed by atoms with Crippen LogP contribution in [0.25, 0.3) is 0 Å². The summed E-state index contributed by atoms with van der Waals surface area (Å²) in [5.74, 6) is -1.05. The molecule has 10 nitrogen and oxygen atoms in total. The van der Waals surface area contributed by atoms with Crippen LogP contribution in [0.15, 0.2) is 110 Å². The van der Waals surface area contributed by atoms with E-state index in [1.54, 1.807) is 0 Å². The molecule has 1 atom stereocenters. The molecule has 0 bridgehead atoms. The third kappa shape index (κ3) is 5.58. The molecule has 0 saturated carbocycles. The Morgan fingerprint density at radius 3 is 2.26 bits per heavy atom. The minimum atomic E-state index is -4.03. The number of hydrogen-bond donors (Lipinski definition) is 1. The second-order valence-corrected chi connectivity index (χ2v) is 13.4. The van der Waals surface area contributed by atoms with Gasteiger partial charge in [0.25, 0.3) is 5.91 Å². The predicted octanol–water partition coefficient (Wildman–Crippen LogP) is 6.76. The highest BCUT2D eigenvalue weighted by Crippen LogP contribution is 2.44. The van der Waals surface area contributed by atoms with E-state index in [2.05, 4.69) is 29.2 Å². The maximum Gasteiger partial charge on any atom is 0.296 e. The van der Waals surface area contributed by atoms with Crippen LogP contribution in [0.4, 0.5) is 10.8 Å². The SMILES string of the molecule is CO/N=C(\C1=C(O)C(=O)N(c2ncc(S(=O)(=O)c3ccc(N=O)cc3)s2)C1c1ccc(C(C)C)cc1)c1ccc(C)cc1. The Labute approximate surface area is 252 Å². The number of amides is 1. The lowest BCUT2D eigenvalue weighted by atomic mass is 9.90. The maximum atomic E-state index is 13.8. The number of nitroso groups, excluding NO2 is 1. The summed E-state index contributed by atoms with van der Waals surface area (Å²) < 4.78 is 26.7. The fraction of sp³-hybridized carbons (Fsp3) is 0.194. The first-order valence-electron chi connectivity index (χ1n) is 13.3. The van der Waals surface area contributed by atoms with E-state index >= 15 is 0 Å². The third-order valence-electron chi connectivity index (χ3n) is 7.09.